The normalized spacial score (nSPS) is 15.6. The predicted octanol–water partition coefficient (Wildman–Crippen LogP) is 5.58. The Morgan fingerprint density at radius 3 is 2.63 bits per heavy atom. The standard InChI is InChI=1S/C28H19BrF3IN2O5S/c1-3-40-26(38)21-22(20-15-7-5-4-6-14(15)8-9-18(20)39-2)35-25(37)19(41-27(35)34-24(21)28(30,31)32)12-13-10-16(29)23(36)17(33)11-13/h4-12,22,36H,3H2,1-2H3/b19-12-/t22-/m0/s1. The summed E-state index contributed by atoms with van der Waals surface area (Å²) in [5.74, 6) is -1.04. The zero-order valence-electron chi connectivity index (χ0n) is 21.3. The molecule has 41 heavy (non-hydrogen) atoms. The van der Waals surface area contributed by atoms with Crippen LogP contribution in [0.25, 0.3) is 16.8 Å². The number of carbonyl (C=O) groups excluding carboxylic acids is 1. The van der Waals surface area contributed by atoms with Crippen LogP contribution in [-0.4, -0.2) is 35.5 Å². The maximum absolute atomic E-state index is 14.5. The average Bonchev–Trinajstić information content (AvgIpc) is 3.24. The van der Waals surface area contributed by atoms with E-state index < -0.39 is 35.0 Å². The van der Waals surface area contributed by atoms with Crippen LogP contribution in [0.3, 0.4) is 0 Å². The van der Waals surface area contributed by atoms with Crippen LogP contribution in [-0.2, 0) is 9.53 Å². The molecule has 2 heterocycles. The summed E-state index contributed by atoms with van der Waals surface area (Å²) in [4.78, 5) is 30.8. The Hall–Kier alpha value is -3.17. The fraction of sp³-hybridized carbons (Fsp3) is 0.179. The molecule has 13 heteroatoms. The van der Waals surface area contributed by atoms with Gasteiger partial charge in [0.25, 0.3) is 5.56 Å². The number of methoxy groups -OCH3 is 1. The van der Waals surface area contributed by atoms with Crippen molar-refractivity contribution in [2.75, 3.05) is 13.7 Å². The van der Waals surface area contributed by atoms with Crippen LogP contribution in [0.1, 0.15) is 24.1 Å². The summed E-state index contributed by atoms with van der Waals surface area (Å²) in [7, 11) is 1.36. The molecule has 0 aliphatic carbocycles. The second-order valence-corrected chi connectivity index (χ2v) is 11.8. The van der Waals surface area contributed by atoms with Crippen molar-refractivity contribution < 1.29 is 32.5 Å². The molecule has 1 aliphatic heterocycles. The Morgan fingerprint density at radius 1 is 1.24 bits per heavy atom. The van der Waals surface area contributed by atoms with Crippen LogP contribution in [0.15, 0.2) is 74.1 Å². The van der Waals surface area contributed by atoms with Gasteiger partial charge >= 0.3 is 12.1 Å². The van der Waals surface area contributed by atoms with Crippen molar-refractivity contribution in [3.63, 3.8) is 0 Å². The highest BCUT2D eigenvalue weighted by molar-refractivity contribution is 14.1. The molecule has 0 fully saturated rings. The van der Waals surface area contributed by atoms with Crippen LogP contribution in [0, 0.1) is 3.57 Å². The van der Waals surface area contributed by atoms with Gasteiger partial charge in [0.15, 0.2) is 10.5 Å². The Kier molecular flexibility index (Phi) is 8.05. The Morgan fingerprint density at radius 2 is 1.98 bits per heavy atom. The minimum atomic E-state index is -5.04. The number of halogens is 5. The molecule has 0 bridgehead atoms. The Labute approximate surface area is 256 Å². The van der Waals surface area contributed by atoms with E-state index in [4.69, 9.17) is 9.47 Å². The molecule has 1 aromatic heterocycles. The number of allylic oxidation sites excluding steroid dienone is 1. The van der Waals surface area contributed by atoms with E-state index in [0.717, 1.165) is 15.9 Å². The fourth-order valence-electron chi connectivity index (χ4n) is 4.67. The summed E-state index contributed by atoms with van der Waals surface area (Å²) in [6.45, 7) is 1.29. The molecule has 1 N–H and O–H groups in total. The summed E-state index contributed by atoms with van der Waals surface area (Å²) >= 11 is 5.94. The van der Waals surface area contributed by atoms with Crippen molar-refractivity contribution in [3.8, 4) is 11.5 Å². The summed E-state index contributed by atoms with van der Waals surface area (Å²) in [6, 6.07) is 11.9. The zero-order chi connectivity index (χ0) is 29.6. The van der Waals surface area contributed by atoms with Crippen LogP contribution in [0.5, 0.6) is 11.5 Å². The van der Waals surface area contributed by atoms with Crippen LogP contribution in [0.4, 0.5) is 13.2 Å². The first-order valence-corrected chi connectivity index (χ1v) is 14.7. The maximum atomic E-state index is 14.5. The molecular weight excluding hydrogens is 740 g/mol. The van der Waals surface area contributed by atoms with E-state index in [1.165, 1.54) is 20.1 Å². The molecule has 5 rings (SSSR count). The number of hydrogen-bond acceptors (Lipinski definition) is 7. The highest BCUT2D eigenvalue weighted by Gasteiger charge is 2.46. The van der Waals surface area contributed by atoms with Gasteiger partial charge in [-0.3, -0.25) is 9.36 Å². The van der Waals surface area contributed by atoms with E-state index >= 15 is 0 Å². The molecule has 0 unspecified atom stereocenters. The lowest BCUT2D eigenvalue weighted by atomic mass is 9.90. The van der Waals surface area contributed by atoms with E-state index in [1.807, 2.05) is 22.6 Å². The van der Waals surface area contributed by atoms with E-state index in [9.17, 15) is 27.9 Å². The Balaban J connectivity index is 1.92. The van der Waals surface area contributed by atoms with E-state index in [-0.39, 0.29) is 33.0 Å². The first kappa shape index (κ1) is 29.3. The maximum Gasteiger partial charge on any atom is 0.434 e. The number of ether oxygens (including phenoxy) is 2. The average molecular weight is 759 g/mol. The van der Waals surface area contributed by atoms with Crippen molar-refractivity contribution >= 4 is 72.7 Å². The zero-order valence-corrected chi connectivity index (χ0v) is 25.8. The first-order valence-electron chi connectivity index (χ1n) is 12.0. The highest BCUT2D eigenvalue weighted by atomic mass is 127. The summed E-state index contributed by atoms with van der Waals surface area (Å²) in [6.07, 6.45) is -3.54. The number of rotatable bonds is 5. The van der Waals surface area contributed by atoms with Crippen LogP contribution in [0.2, 0.25) is 0 Å². The van der Waals surface area contributed by atoms with Gasteiger partial charge in [0, 0.05) is 5.56 Å². The molecule has 0 spiro atoms. The largest absolute Gasteiger partial charge is 0.506 e. The van der Waals surface area contributed by atoms with E-state index in [1.54, 1.807) is 48.5 Å². The number of hydrogen-bond donors (Lipinski definition) is 1. The second kappa shape index (κ2) is 11.2. The van der Waals surface area contributed by atoms with E-state index in [2.05, 4.69) is 20.9 Å². The highest BCUT2D eigenvalue weighted by Crippen LogP contribution is 2.43. The van der Waals surface area contributed by atoms with Gasteiger partial charge in [-0.1, -0.05) is 41.7 Å². The van der Waals surface area contributed by atoms with Gasteiger partial charge in [-0.15, -0.1) is 0 Å². The number of aromatic hydroxyl groups is 1. The molecule has 0 radical (unpaired) electrons. The third kappa shape index (κ3) is 5.30. The van der Waals surface area contributed by atoms with Gasteiger partial charge in [0.2, 0.25) is 0 Å². The van der Waals surface area contributed by atoms with Gasteiger partial charge in [-0.2, -0.15) is 13.2 Å². The number of nitrogens with zero attached hydrogens (tertiary/aromatic N) is 2. The number of thiazole rings is 1. The quantitative estimate of drug-likeness (QED) is 0.212. The molecule has 0 saturated heterocycles. The minimum Gasteiger partial charge on any atom is -0.506 e. The summed E-state index contributed by atoms with van der Waals surface area (Å²) < 4.78 is 56.3. The topological polar surface area (TPSA) is 90.1 Å². The molecule has 212 valence electrons. The molecular formula is C28H19BrF3IN2O5S. The second-order valence-electron chi connectivity index (χ2n) is 8.80. The number of aromatic nitrogens is 1. The molecule has 0 amide bonds. The van der Waals surface area contributed by atoms with E-state index in [0.29, 0.717) is 24.4 Å². The third-order valence-corrected chi connectivity index (χ3v) is 8.77. The lowest BCUT2D eigenvalue weighted by molar-refractivity contribution is -0.140. The summed E-state index contributed by atoms with van der Waals surface area (Å²) in [5, 5.41) is 11.3. The SMILES string of the molecule is CCOC(=O)C1=C(C(F)(F)F)N=c2s/c(=C\c3cc(Br)c(O)c(I)c3)c(=O)n2[C@H]1c1c(OC)ccc2ccccc12. The van der Waals surface area contributed by atoms with Crippen molar-refractivity contribution in [2.24, 2.45) is 4.99 Å². The predicted molar refractivity (Wildman–Crippen MR) is 160 cm³/mol. The first-order chi connectivity index (χ1) is 19.5. The van der Waals surface area contributed by atoms with Gasteiger partial charge < -0.3 is 14.6 Å². The Bertz CT molecular complexity index is 1910. The monoisotopic (exact) mass is 758 g/mol. The van der Waals surface area contributed by atoms with Crippen molar-refractivity contribution in [3.05, 3.63) is 98.7 Å². The number of phenols is 1. The fourth-order valence-corrected chi connectivity index (χ4v) is 7.17. The van der Waals surface area contributed by atoms with Crippen molar-refractivity contribution in [1.82, 2.24) is 4.57 Å². The lowest BCUT2D eigenvalue weighted by Gasteiger charge is -2.28. The van der Waals surface area contributed by atoms with Crippen LogP contribution < -0.4 is 19.6 Å². The number of fused-ring (bicyclic) bond motifs is 2. The molecule has 3 aromatic carbocycles. The number of phenolic OH excluding ortho intramolecular Hbond substituents is 1. The van der Waals surface area contributed by atoms with Gasteiger partial charge in [-0.05, 0) is 86.1 Å². The molecule has 1 atom stereocenters. The van der Waals surface area contributed by atoms with Gasteiger partial charge in [-0.25, -0.2) is 9.79 Å². The molecule has 0 saturated carbocycles. The lowest BCUT2D eigenvalue weighted by Crippen LogP contribution is -2.41. The molecule has 4 aromatic rings. The number of carbonyl (C=O) groups is 1. The number of esters is 1. The number of benzene rings is 3. The smallest absolute Gasteiger partial charge is 0.434 e. The van der Waals surface area contributed by atoms with Gasteiger partial charge in [0.05, 0.1) is 31.9 Å². The minimum absolute atomic E-state index is 0.0150. The van der Waals surface area contributed by atoms with Crippen molar-refractivity contribution in [2.45, 2.75) is 19.1 Å². The number of alkyl halides is 3. The van der Waals surface area contributed by atoms with Gasteiger partial charge in [0.1, 0.15) is 17.5 Å². The van der Waals surface area contributed by atoms with Crippen molar-refractivity contribution in [1.29, 1.82) is 0 Å². The summed E-state index contributed by atoms with van der Waals surface area (Å²) in [5.41, 5.74) is -2.19. The third-order valence-electron chi connectivity index (χ3n) is 6.36. The molecule has 1 aliphatic rings. The molecule has 7 nitrogen and oxygen atoms in total. The van der Waals surface area contributed by atoms with Crippen LogP contribution >= 0.6 is 49.9 Å².